The normalized spacial score (nSPS) is 40.2. The maximum Gasteiger partial charge on any atom is 0.0952 e. The van der Waals surface area contributed by atoms with E-state index in [2.05, 4.69) is 19.2 Å². The number of nitrogens with two attached hydrogens (primary N) is 1. The van der Waals surface area contributed by atoms with Crippen molar-refractivity contribution in [3.8, 4) is 0 Å². The second-order valence-corrected chi connectivity index (χ2v) is 4.20. The molecule has 4 nitrogen and oxygen atoms in total. The first-order valence-corrected chi connectivity index (χ1v) is 4.87. The van der Waals surface area contributed by atoms with Gasteiger partial charge < -0.3 is 21.3 Å². The highest BCUT2D eigenvalue weighted by Gasteiger charge is 2.38. The zero-order valence-corrected chi connectivity index (χ0v) is 8.27. The van der Waals surface area contributed by atoms with Crippen LogP contribution in [0.2, 0.25) is 0 Å². The molecule has 0 aliphatic heterocycles. The predicted molar refractivity (Wildman–Crippen MR) is 51.2 cm³/mol. The minimum absolute atomic E-state index is 0.0902. The lowest BCUT2D eigenvalue weighted by Crippen LogP contribution is -2.37. The lowest BCUT2D eigenvalue weighted by molar-refractivity contribution is 0.0153. The molecule has 0 amide bonds. The first kappa shape index (κ1) is 10.9. The van der Waals surface area contributed by atoms with Crippen molar-refractivity contribution in [2.45, 2.75) is 44.6 Å². The Balaban J connectivity index is 2.35. The smallest absolute Gasteiger partial charge is 0.0952 e. The van der Waals surface area contributed by atoms with Crippen LogP contribution >= 0.6 is 0 Å². The molecule has 1 saturated carbocycles. The van der Waals surface area contributed by atoms with Crippen molar-refractivity contribution in [3.63, 3.8) is 0 Å². The third-order valence-electron chi connectivity index (χ3n) is 2.63. The molecule has 0 spiro atoms. The Hall–Kier alpha value is -0.160. The van der Waals surface area contributed by atoms with Gasteiger partial charge in [0.15, 0.2) is 0 Å². The lowest BCUT2D eigenvalue weighted by atomic mass is 10.1. The third-order valence-corrected chi connectivity index (χ3v) is 2.63. The number of hydrogen-bond acceptors (Lipinski definition) is 4. The average Bonchev–Trinajstić information content (AvgIpc) is 2.29. The van der Waals surface area contributed by atoms with Gasteiger partial charge in [0.1, 0.15) is 0 Å². The molecule has 13 heavy (non-hydrogen) atoms. The summed E-state index contributed by atoms with van der Waals surface area (Å²) in [7, 11) is 0. The van der Waals surface area contributed by atoms with Gasteiger partial charge in [-0.3, -0.25) is 0 Å². The van der Waals surface area contributed by atoms with Crippen molar-refractivity contribution in [2.24, 2.45) is 11.7 Å². The largest absolute Gasteiger partial charge is 0.390 e. The topological polar surface area (TPSA) is 78.5 Å². The van der Waals surface area contributed by atoms with E-state index in [0.29, 0.717) is 12.5 Å². The van der Waals surface area contributed by atoms with E-state index >= 15 is 0 Å². The van der Waals surface area contributed by atoms with Crippen molar-refractivity contribution in [2.75, 3.05) is 6.54 Å². The molecule has 78 valence electrons. The van der Waals surface area contributed by atoms with Gasteiger partial charge in [0.05, 0.1) is 12.2 Å². The lowest BCUT2D eigenvalue weighted by Gasteiger charge is -2.18. The van der Waals surface area contributed by atoms with Gasteiger partial charge in [-0.2, -0.15) is 0 Å². The van der Waals surface area contributed by atoms with Crippen LogP contribution in [0, 0.1) is 5.92 Å². The fourth-order valence-corrected chi connectivity index (χ4v) is 1.75. The summed E-state index contributed by atoms with van der Waals surface area (Å²) in [5.41, 5.74) is 5.63. The fraction of sp³-hybridized carbons (Fsp3) is 1.00. The quantitative estimate of drug-likeness (QED) is 0.460. The first-order chi connectivity index (χ1) is 6.02. The van der Waals surface area contributed by atoms with Crippen LogP contribution in [0.1, 0.15) is 20.3 Å². The molecule has 0 saturated heterocycles. The molecule has 5 N–H and O–H groups in total. The summed E-state index contributed by atoms with van der Waals surface area (Å²) in [6.45, 7) is 4.83. The Kier molecular flexibility index (Phi) is 3.67. The SMILES string of the molecule is CC(C)NC[C@H]1C[C@@H](N)[C@@H](O)[C@H]1O. The van der Waals surface area contributed by atoms with E-state index in [1.165, 1.54) is 0 Å². The van der Waals surface area contributed by atoms with Crippen molar-refractivity contribution in [3.05, 3.63) is 0 Å². The third kappa shape index (κ3) is 2.64. The van der Waals surface area contributed by atoms with Crippen LogP contribution in [-0.4, -0.2) is 41.0 Å². The van der Waals surface area contributed by atoms with Crippen molar-refractivity contribution < 1.29 is 10.2 Å². The average molecular weight is 188 g/mol. The van der Waals surface area contributed by atoms with Gasteiger partial charge in [0.2, 0.25) is 0 Å². The summed E-state index contributed by atoms with van der Waals surface area (Å²) < 4.78 is 0. The predicted octanol–water partition coefficient (Wildman–Crippen LogP) is -0.947. The summed E-state index contributed by atoms with van der Waals surface area (Å²) in [5.74, 6) is 0.0902. The molecule has 0 aromatic carbocycles. The molecular formula is C9H20N2O2. The first-order valence-electron chi connectivity index (χ1n) is 4.87. The fourth-order valence-electron chi connectivity index (χ4n) is 1.75. The molecule has 1 aliphatic carbocycles. The van der Waals surface area contributed by atoms with Gasteiger partial charge in [-0.05, 0) is 6.42 Å². The summed E-state index contributed by atoms with van der Waals surface area (Å²) in [5, 5.41) is 22.2. The maximum absolute atomic E-state index is 9.57. The van der Waals surface area contributed by atoms with Crippen LogP contribution in [0.4, 0.5) is 0 Å². The van der Waals surface area contributed by atoms with Gasteiger partial charge in [0.25, 0.3) is 0 Å². The van der Waals surface area contributed by atoms with Crippen LogP contribution in [0.3, 0.4) is 0 Å². The monoisotopic (exact) mass is 188 g/mol. The number of nitrogens with one attached hydrogen (secondary N) is 1. The standard InChI is InChI=1S/C9H20N2O2/c1-5(2)11-4-6-3-7(10)9(13)8(6)12/h5-9,11-13H,3-4,10H2,1-2H3/t6-,7-,8+,9-/m1/s1. The molecule has 0 unspecified atom stereocenters. The van der Waals surface area contributed by atoms with E-state index in [0.717, 1.165) is 6.54 Å². The van der Waals surface area contributed by atoms with Gasteiger partial charge in [0, 0.05) is 24.5 Å². The van der Waals surface area contributed by atoms with Gasteiger partial charge in [-0.15, -0.1) is 0 Å². The van der Waals surface area contributed by atoms with E-state index in [1.807, 2.05) is 0 Å². The van der Waals surface area contributed by atoms with E-state index in [1.54, 1.807) is 0 Å². The highest BCUT2D eigenvalue weighted by molar-refractivity contribution is 4.94. The van der Waals surface area contributed by atoms with Crippen LogP contribution < -0.4 is 11.1 Å². The Bertz CT molecular complexity index is 164. The molecular weight excluding hydrogens is 168 g/mol. The van der Waals surface area contributed by atoms with Gasteiger partial charge in [-0.1, -0.05) is 13.8 Å². The maximum atomic E-state index is 9.57. The molecule has 4 heteroatoms. The molecule has 1 fully saturated rings. The molecule has 0 radical (unpaired) electrons. The van der Waals surface area contributed by atoms with Gasteiger partial charge >= 0.3 is 0 Å². The number of aliphatic hydroxyl groups is 2. The minimum Gasteiger partial charge on any atom is -0.390 e. The van der Waals surface area contributed by atoms with E-state index < -0.39 is 12.2 Å². The van der Waals surface area contributed by atoms with Crippen LogP contribution in [0.25, 0.3) is 0 Å². The van der Waals surface area contributed by atoms with Crippen LogP contribution in [-0.2, 0) is 0 Å². The molecule has 0 aromatic heterocycles. The molecule has 4 atom stereocenters. The zero-order chi connectivity index (χ0) is 10.0. The Morgan fingerprint density at radius 2 is 2.00 bits per heavy atom. The zero-order valence-electron chi connectivity index (χ0n) is 8.27. The highest BCUT2D eigenvalue weighted by Crippen LogP contribution is 2.24. The highest BCUT2D eigenvalue weighted by atomic mass is 16.3. The van der Waals surface area contributed by atoms with E-state index in [-0.39, 0.29) is 12.0 Å². The summed E-state index contributed by atoms with van der Waals surface area (Å²) >= 11 is 0. The Morgan fingerprint density at radius 3 is 2.38 bits per heavy atom. The van der Waals surface area contributed by atoms with E-state index in [4.69, 9.17) is 5.73 Å². The van der Waals surface area contributed by atoms with Crippen molar-refractivity contribution >= 4 is 0 Å². The van der Waals surface area contributed by atoms with Gasteiger partial charge in [-0.25, -0.2) is 0 Å². The number of aliphatic hydroxyl groups excluding tert-OH is 2. The molecule has 0 aromatic rings. The molecule has 1 rings (SSSR count). The summed E-state index contributed by atoms with van der Waals surface area (Å²) in [6, 6.07) is 0.134. The Morgan fingerprint density at radius 1 is 1.38 bits per heavy atom. The van der Waals surface area contributed by atoms with Crippen LogP contribution in [0.15, 0.2) is 0 Å². The van der Waals surface area contributed by atoms with Crippen LogP contribution in [0.5, 0.6) is 0 Å². The second kappa shape index (κ2) is 4.37. The molecule has 1 aliphatic rings. The van der Waals surface area contributed by atoms with E-state index in [9.17, 15) is 10.2 Å². The second-order valence-electron chi connectivity index (χ2n) is 4.20. The van der Waals surface area contributed by atoms with Crippen molar-refractivity contribution in [1.82, 2.24) is 5.32 Å². The number of rotatable bonds is 3. The molecule has 0 bridgehead atoms. The van der Waals surface area contributed by atoms with Crippen molar-refractivity contribution in [1.29, 1.82) is 0 Å². The minimum atomic E-state index is -0.751. The number of hydrogen-bond donors (Lipinski definition) is 4. The molecule has 0 heterocycles. The summed E-state index contributed by atoms with van der Waals surface area (Å²) in [6.07, 6.45) is -0.720. The Labute approximate surface area is 79.1 Å². The summed E-state index contributed by atoms with van der Waals surface area (Å²) in [4.78, 5) is 0.